The van der Waals surface area contributed by atoms with Crippen molar-refractivity contribution in [1.29, 1.82) is 0 Å². The summed E-state index contributed by atoms with van der Waals surface area (Å²) in [5.74, 6) is -0.403. The second-order valence-corrected chi connectivity index (χ2v) is 9.73. The van der Waals surface area contributed by atoms with Crippen LogP contribution in [0.25, 0.3) is 5.69 Å². The number of esters is 1. The number of nitrogens with zero attached hydrogens (tertiary/aromatic N) is 6. The van der Waals surface area contributed by atoms with Crippen LogP contribution in [0.3, 0.4) is 0 Å². The molecule has 10 heteroatoms. The summed E-state index contributed by atoms with van der Waals surface area (Å²) in [4.78, 5) is 31.2. The number of carbonyl (C=O) groups excluding carboxylic acids is 2. The second kappa shape index (κ2) is 9.53. The molecule has 35 heavy (non-hydrogen) atoms. The zero-order valence-electron chi connectivity index (χ0n) is 20.0. The number of hydrogen-bond donors (Lipinski definition) is 1. The van der Waals surface area contributed by atoms with Crippen LogP contribution in [-0.2, 0) is 17.8 Å². The van der Waals surface area contributed by atoms with Crippen LogP contribution in [0.15, 0.2) is 36.8 Å². The third kappa shape index (κ3) is 4.93. The quantitative estimate of drug-likeness (QED) is 0.517. The van der Waals surface area contributed by atoms with E-state index in [2.05, 4.69) is 50.6 Å². The first-order valence-corrected chi connectivity index (χ1v) is 11.9. The SMILES string of the molecule is Cc1c(CCN2CCCC(C)(CNC(=O)c3ccc(-n4cnnn4)cn3)C2)ccc2c1COC2=O. The molecule has 1 amide bonds. The molecule has 4 heterocycles. The standard InChI is InChI=1S/C25H29N7O3/c1-17-18(4-6-20-21(17)13-35-24(20)34)8-11-31-10-3-9-25(2,15-31)14-27-23(33)22-7-5-19(12-26-22)32-16-28-29-30-32/h4-7,12,16H,3,8-11,13-15H2,1-2H3,(H,27,33). The fraction of sp³-hybridized carbons (Fsp3) is 0.440. The number of piperidine rings is 1. The van der Waals surface area contributed by atoms with E-state index in [1.807, 2.05) is 6.07 Å². The van der Waals surface area contributed by atoms with Crippen molar-refractivity contribution in [2.45, 2.75) is 39.7 Å². The first-order chi connectivity index (χ1) is 16.9. The summed E-state index contributed by atoms with van der Waals surface area (Å²) >= 11 is 0. The van der Waals surface area contributed by atoms with Crippen molar-refractivity contribution in [3.63, 3.8) is 0 Å². The Labute approximate surface area is 203 Å². The van der Waals surface area contributed by atoms with Crippen LogP contribution < -0.4 is 5.32 Å². The van der Waals surface area contributed by atoms with Crippen molar-refractivity contribution in [3.05, 3.63) is 64.7 Å². The Balaban J connectivity index is 1.15. The third-order valence-electron chi connectivity index (χ3n) is 7.11. The first-order valence-electron chi connectivity index (χ1n) is 11.9. The molecule has 3 aromatic rings. The van der Waals surface area contributed by atoms with Gasteiger partial charge < -0.3 is 15.0 Å². The van der Waals surface area contributed by atoms with Crippen molar-refractivity contribution in [2.75, 3.05) is 26.2 Å². The highest BCUT2D eigenvalue weighted by Gasteiger charge is 2.32. The molecule has 2 aliphatic heterocycles. The zero-order chi connectivity index (χ0) is 24.4. The number of carbonyl (C=O) groups is 2. The van der Waals surface area contributed by atoms with Gasteiger partial charge in [-0.05, 0) is 77.9 Å². The second-order valence-electron chi connectivity index (χ2n) is 9.73. The Bertz CT molecular complexity index is 1230. The highest BCUT2D eigenvalue weighted by atomic mass is 16.5. The Morgan fingerprint density at radius 1 is 1.26 bits per heavy atom. The molecule has 1 aromatic carbocycles. The molecule has 1 fully saturated rings. The molecule has 0 saturated carbocycles. The lowest BCUT2D eigenvalue weighted by Crippen LogP contribution is -2.48. The summed E-state index contributed by atoms with van der Waals surface area (Å²) in [5.41, 5.74) is 5.21. The molecule has 0 bridgehead atoms. The molecule has 2 aliphatic rings. The highest BCUT2D eigenvalue weighted by Crippen LogP contribution is 2.30. The number of fused-ring (bicyclic) bond motifs is 1. The van der Waals surface area contributed by atoms with Crippen molar-refractivity contribution in [2.24, 2.45) is 5.41 Å². The Morgan fingerprint density at radius 2 is 2.14 bits per heavy atom. The molecule has 0 spiro atoms. The molecule has 1 N–H and O–H groups in total. The van der Waals surface area contributed by atoms with Crippen LogP contribution >= 0.6 is 0 Å². The van der Waals surface area contributed by atoms with E-state index >= 15 is 0 Å². The van der Waals surface area contributed by atoms with Crippen molar-refractivity contribution in [1.82, 2.24) is 35.4 Å². The van der Waals surface area contributed by atoms with Gasteiger partial charge in [0.25, 0.3) is 5.91 Å². The normalized spacial score (nSPS) is 19.9. The van der Waals surface area contributed by atoms with Gasteiger partial charge in [-0.2, -0.15) is 4.68 Å². The van der Waals surface area contributed by atoms with Crippen LogP contribution in [0, 0.1) is 12.3 Å². The number of aromatic nitrogens is 5. The number of cyclic esters (lactones) is 1. The predicted octanol–water partition coefficient (Wildman–Crippen LogP) is 2.11. The molecular formula is C25H29N7O3. The van der Waals surface area contributed by atoms with E-state index in [4.69, 9.17) is 4.74 Å². The topological polar surface area (TPSA) is 115 Å². The van der Waals surface area contributed by atoms with Crippen LogP contribution in [-0.4, -0.2) is 68.1 Å². The highest BCUT2D eigenvalue weighted by molar-refractivity contribution is 5.94. The molecule has 0 radical (unpaired) electrons. The predicted molar refractivity (Wildman–Crippen MR) is 127 cm³/mol. The first kappa shape index (κ1) is 23.1. The minimum atomic E-state index is -0.220. The maximum Gasteiger partial charge on any atom is 0.338 e. The molecule has 5 rings (SSSR count). The average molecular weight is 476 g/mol. The number of rotatable bonds is 7. The molecule has 1 saturated heterocycles. The summed E-state index contributed by atoms with van der Waals surface area (Å²) in [7, 11) is 0. The van der Waals surface area contributed by atoms with Gasteiger partial charge in [0.15, 0.2) is 0 Å². The van der Waals surface area contributed by atoms with Crippen LogP contribution in [0.4, 0.5) is 0 Å². The lowest BCUT2D eigenvalue weighted by Gasteiger charge is -2.40. The fourth-order valence-electron chi connectivity index (χ4n) is 5.03. The van der Waals surface area contributed by atoms with Gasteiger partial charge in [0.05, 0.1) is 17.4 Å². The Morgan fingerprint density at radius 3 is 2.91 bits per heavy atom. The maximum absolute atomic E-state index is 12.7. The van der Waals surface area contributed by atoms with E-state index in [0.717, 1.165) is 44.5 Å². The van der Waals surface area contributed by atoms with Gasteiger partial charge in [-0.3, -0.25) is 4.79 Å². The minimum Gasteiger partial charge on any atom is -0.457 e. The number of hydrogen-bond acceptors (Lipinski definition) is 8. The zero-order valence-corrected chi connectivity index (χ0v) is 20.0. The van der Waals surface area contributed by atoms with Gasteiger partial charge in [-0.15, -0.1) is 5.10 Å². The number of pyridine rings is 1. The van der Waals surface area contributed by atoms with Crippen molar-refractivity contribution >= 4 is 11.9 Å². The number of tetrazole rings is 1. The number of likely N-dealkylation sites (tertiary alicyclic amines) is 1. The maximum atomic E-state index is 12.7. The Kier molecular flexibility index (Phi) is 6.29. The van der Waals surface area contributed by atoms with E-state index in [9.17, 15) is 9.59 Å². The van der Waals surface area contributed by atoms with E-state index < -0.39 is 0 Å². The van der Waals surface area contributed by atoms with E-state index in [1.165, 1.54) is 22.1 Å². The lowest BCUT2D eigenvalue weighted by atomic mass is 9.81. The smallest absolute Gasteiger partial charge is 0.338 e. The summed E-state index contributed by atoms with van der Waals surface area (Å²) in [6, 6.07) is 7.40. The number of nitrogens with one attached hydrogen (secondary N) is 1. The summed E-state index contributed by atoms with van der Waals surface area (Å²) < 4.78 is 6.67. The molecule has 10 nitrogen and oxygen atoms in total. The number of amides is 1. The van der Waals surface area contributed by atoms with E-state index in [1.54, 1.807) is 18.3 Å². The van der Waals surface area contributed by atoms with Gasteiger partial charge in [0, 0.05) is 25.2 Å². The molecule has 0 aliphatic carbocycles. The van der Waals surface area contributed by atoms with Crippen LogP contribution in [0.2, 0.25) is 0 Å². The number of benzene rings is 1. The lowest BCUT2D eigenvalue weighted by molar-refractivity contribution is 0.0534. The largest absolute Gasteiger partial charge is 0.457 e. The van der Waals surface area contributed by atoms with E-state index in [0.29, 0.717) is 30.1 Å². The molecule has 2 aromatic heterocycles. The minimum absolute atomic E-state index is 0.00646. The van der Waals surface area contributed by atoms with Crippen molar-refractivity contribution in [3.8, 4) is 5.69 Å². The van der Waals surface area contributed by atoms with Gasteiger partial charge >= 0.3 is 5.97 Å². The number of ether oxygens (including phenoxy) is 1. The van der Waals surface area contributed by atoms with Crippen LogP contribution in [0.5, 0.6) is 0 Å². The van der Waals surface area contributed by atoms with E-state index in [-0.39, 0.29) is 17.3 Å². The summed E-state index contributed by atoms with van der Waals surface area (Å²) in [5, 5.41) is 14.1. The summed E-state index contributed by atoms with van der Waals surface area (Å²) in [6.07, 6.45) is 6.14. The third-order valence-corrected chi connectivity index (χ3v) is 7.11. The van der Waals surface area contributed by atoms with Gasteiger partial charge in [0.1, 0.15) is 18.6 Å². The molecule has 1 unspecified atom stereocenters. The molecule has 182 valence electrons. The monoisotopic (exact) mass is 475 g/mol. The average Bonchev–Trinajstić information content (AvgIpc) is 3.53. The van der Waals surface area contributed by atoms with Gasteiger partial charge in [-0.1, -0.05) is 13.0 Å². The van der Waals surface area contributed by atoms with Crippen molar-refractivity contribution < 1.29 is 14.3 Å². The Hall–Kier alpha value is -3.66. The molecule has 1 atom stereocenters. The fourth-order valence-corrected chi connectivity index (χ4v) is 5.03. The summed E-state index contributed by atoms with van der Waals surface area (Å²) in [6.45, 7) is 8.20. The van der Waals surface area contributed by atoms with Gasteiger partial charge in [0.2, 0.25) is 0 Å². The van der Waals surface area contributed by atoms with Gasteiger partial charge in [-0.25, -0.2) is 9.78 Å². The van der Waals surface area contributed by atoms with Crippen LogP contribution in [0.1, 0.15) is 57.3 Å². The molecular weight excluding hydrogens is 446 g/mol.